The molecule has 0 fully saturated rings. The number of aliphatic hydroxyl groups excluding tert-OH is 1. The number of aliphatic hydroxyl groups is 1. The first kappa shape index (κ1) is 12.5. The van der Waals surface area contributed by atoms with Crippen molar-refractivity contribution in [3.8, 4) is 5.75 Å². The van der Waals surface area contributed by atoms with E-state index in [0.717, 1.165) is 6.07 Å². The van der Waals surface area contributed by atoms with Gasteiger partial charge in [-0.1, -0.05) is 0 Å². The Hall–Kier alpha value is -0.570. The van der Waals surface area contributed by atoms with Crippen molar-refractivity contribution in [1.29, 1.82) is 0 Å². The first-order valence-electron chi connectivity index (χ1n) is 3.86. The van der Waals surface area contributed by atoms with Gasteiger partial charge >= 0.3 is 6.36 Å². The molecule has 1 rings (SSSR count). The molecule has 0 amide bonds. The third-order valence-electron chi connectivity index (χ3n) is 1.53. The normalized spacial score (nSPS) is 11.6. The Morgan fingerprint density at radius 3 is 2.60 bits per heavy atom. The molecule has 0 aliphatic rings. The van der Waals surface area contributed by atoms with Crippen molar-refractivity contribution in [2.75, 3.05) is 0 Å². The quantitative estimate of drug-likeness (QED) is 0.845. The summed E-state index contributed by atoms with van der Waals surface area (Å²) in [6, 6.07) is 1.07. The van der Waals surface area contributed by atoms with Gasteiger partial charge in [0.25, 0.3) is 0 Å². The van der Waals surface area contributed by atoms with Crippen LogP contribution in [0.5, 0.6) is 5.75 Å². The fraction of sp³-hybridized carbons (Fsp3) is 0.375. The molecule has 0 aliphatic carbocycles. The third-order valence-corrected chi connectivity index (χ3v) is 2.84. The van der Waals surface area contributed by atoms with Crippen molar-refractivity contribution in [3.63, 3.8) is 0 Å². The minimum Gasteiger partial charge on any atom is -0.405 e. The van der Waals surface area contributed by atoms with Gasteiger partial charge in [-0.25, -0.2) is 0 Å². The van der Waals surface area contributed by atoms with Crippen LogP contribution < -0.4 is 4.74 Å². The number of hydrogen-bond donors (Lipinski definition) is 1. The molecule has 84 valence electrons. The Morgan fingerprint density at radius 2 is 2.13 bits per heavy atom. The van der Waals surface area contributed by atoms with E-state index in [4.69, 9.17) is 5.11 Å². The van der Waals surface area contributed by atoms with E-state index in [1.165, 1.54) is 0 Å². The van der Waals surface area contributed by atoms with Crippen LogP contribution in [0.3, 0.4) is 0 Å². The molecule has 0 unspecified atom stereocenters. The highest BCUT2D eigenvalue weighted by atomic mass is 127. The average molecular weight is 333 g/mol. The zero-order valence-electron chi connectivity index (χ0n) is 7.60. The Kier molecular flexibility index (Phi) is 3.77. The van der Waals surface area contributed by atoms with Gasteiger partial charge in [-0.2, -0.15) is 0 Å². The summed E-state index contributed by atoms with van der Waals surface area (Å²) in [5, 5.41) is 8.77. The monoisotopic (exact) mass is 333 g/mol. The number of pyridine rings is 1. The highest BCUT2D eigenvalue weighted by Crippen LogP contribution is 2.29. The molecule has 1 aromatic heterocycles. The molecule has 0 spiro atoms. The second kappa shape index (κ2) is 4.52. The van der Waals surface area contributed by atoms with E-state index in [0.29, 0.717) is 5.69 Å². The van der Waals surface area contributed by atoms with Gasteiger partial charge in [0.15, 0.2) is 0 Å². The fourth-order valence-electron chi connectivity index (χ4n) is 0.970. The molecular formula is C8H7F3INO2. The van der Waals surface area contributed by atoms with Crippen LogP contribution in [0.2, 0.25) is 0 Å². The predicted molar refractivity (Wildman–Crippen MR) is 54.3 cm³/mol. The van der Waals surface area contributed by atoms with Gasteiger partial charge in [0, 0.05) is 6.07 Å². The molecule has 0 radical (unpaired) electrons. The van der Waals surface area contributed by atoms with Crippen LogP contribution in [0.25, 0.3) is 0 Å². The summed E-state index contributed by atoms with van der Waals surface area (Å²) < 4.78 is 40.0. The highest BCUT2D eigenvalue weighted by Gasteiger charge is 2.32. The number of rotatable bonds is 2. The molecule has 15 heavy (non-hydrogen) atoms. The van der Waals surface area contributed by atoms with E-state index in [9.17, 15) is 13.2 Å². The molecule has 1 heterocycles. The lowest BCUT2D eigenvalue weighted by Crippen LogP contribution is -2.18. The Bertz CT molecular complexity index is 368. The van der Waals surface area contributed by atoms with Gasteiger partial charge in [-0.15, -0.1) is 13.2 Å². The first-order valence-corrected chi connectivity index (χ1v) is 4.94. The number of aromatic nitrogens is 1. The highest BCUT2D eigenvalue weighted by molar-refractivity contribution is 14.1. The van der Waals surface area contributed by atoms with E-state index >= 15 is 0 Å². The van der Waals surface area contributed by atoms with E-state index in [-0.39, 0.29) is 15.0 Å². The summed E-state index contributed by atoms with van der Waals surface area (Å²) in [6.45, 7) is 1.12. The standard InChI is InChI=1S/C8H7F3INO2/c1-4-7(12)6(15-8(9,10)11)2-5(3-14)13-4/h2,14H,3H2,1H3. The van der Waals surface area contributed by atoms with Crippen LogP contribution in [-0.2, 0) is 6.61 Å². The second-order valence-corrected chi connectivity index (χ2v) is 3.80. The van der Waals surface area contributed by atoms with Crippen molar-refractivity contribution >= 4 is 22.6 Å². The second-order valence-electron chi connectivity index (χ2n) is 2.72. The number of aryl methyl sites for hydroxylation is 1. The summed E-state index contributed by atoms with van der Waals surface area (Å²) in [6.07, 6.45) is -4.74. The summed E-state index contributed by atoms with van der Waals surface area (Å²) in [5.74, 6) is -0.334. The van der Waals surface area contributed by atoms with Crippen molar-refractivity contribution in [1.82, 2.24) is 4.98 Å². The van der Waals surface area contributed by atoms with Crippen LogP contribution in [0.4, 0.5) is 13.2 Å². The zero-order valence-corrected chi connectivity index (χ0v) is 9.76. The van der Waals surface area contributed by atoms with Crippen LogP contribution in [0, 0.1) is 10.5 Å². The van der Waals surface area contributed by atoms with Crippen LogP contribution >= 0.6 is 22.6 Å². The maximum absolute atomic E-state index is 12.0. The molecule has 0 aliphatic heterocycles. The molecule has 0 bridgehead atoms. The Labute approximate surface area is 97.4 Å². The lowest BCUT2D eigenvalue weighted by atomic mass is 10.3. The maximum atomic E-state index is 12.0. The molecule has 7 heteroatoms. The van der Waals surface area contributed by atoms with Crippen molar-refractivity contribution in [3.05, 3.63) is 21.0 Å². The molecule has 1 N–H and O–H groups in total. The molecule has 0 saturated carbocycles. The minimum atomic E-state index is -4.74. The summed E-state index contributed by atoms with van der Waals surface area (Å²) in [7, 11) is 0. The lowest BCUT2D eigenvalue weighted by molar-refractivity contribution is -0.275. The molecule has 0 saturated heterocycles. The number of nitrogens with zero attached hydrogens (tertiary/aromatic N) is 1. The van der Waals surface area contributed by atoms with Crippen LogP contribution in [0.1, 0.15) is 11.4 Å². The van der Waals surface area contributed by atoms with Gasteiger partial charge < -0.3 is 9.84 Å². The predicted octanol–water partition coefficient (Wildman–Crippen LogP) is 2.39. The van der Waals surface area contributed by atoms with Crippen molar-refractivity contribution in [2.24, 2.45) is 0 Å². The van der Waals surface area contributed by atoms with Gasteiger partial charge in [0.05, 0.1) is 21.6 Å². The lowest BCUT2D eigenvalue weighted by Gasteiger charge is -2.12. The zero-order chi connectivity index (χ0) is 11.6. The summed E-state index contributed by atoms with van der Waals surface area (Å²) in [5.41, 5.74) is 0.536. The molecule has 1 aromatic rings. The van der Waals surface area contributed by atoms with Gasteiger partial charge in [-0.05, 0) is 29.5 Å². The summed E-state index contributed by atoms with van der Waals surface area (Å²) >= 11 is 1.71. The number of hydrogen-bond acceptors (Lipinski definition) is 3. The third kappa shape index (κ3) is 3.49. The van der Waals surface area contributed by atoms with Gasteiger partial charge in [-0.3, -0.25) is 4.98 Å². The number of ether oxygens (including phenoxy) is 1. The van der Waals surface area contributed by atoms with Gasteiger partial charge in [0.1, 0.15) is 5.75 Å². The Balaban J connectivity index is 3.11. The van der Waals surface area contributed by atoms with Crippen LogP contribution in [-0.4, -0.2) is 16.5 Å². The maximum Gasteiger partial charge on any atom is 0.573 e. The molecule has 0 atom stereocenters. The van der Waals surface area contributed by atoms with Crippen molar-refractivity contribution < 1.29 is 23.0 Å². The number of halogens is 4. The smallest absolute Gasteiger partial charge is 0.405 e. The van der Waals surface area contributed by atoms with E-state index in [2.05, 4.69) is 9.72 Å². The topological polar surface area (TPSA) is 42.4 Å². The van der Waals surface area contributed by atoms with Crippen molar-refractivity contribution in [2.45, 2.75) is 19.9 Å². The Morgan fingerprint density at radius 1 is 1.53 bits per heavy atom. The molecular weight excluding hydrogens is 326 g/mol. The largest absolute Gasteiger partial charge is 0.573 e. The van der Waals surface area contributed by atoms with Gasteiger partial charge in [0.2, 0.25) is 0 Å². The first-order chi connectivity index (χ1) is 6.83. The SMILES string of the molecule is Cc1nc(CO)cc(OC(F)(F)F)c1I. The van der Waals surface area contributed by atoms with E-state index in [1.54, 1.807) is 29.5 Å². The fourth-order valence-corrected chi connectivity index (χ4v) is 1.36. The number of alkyl halides is 3. The van der Waals surface area contributed by atoms with E-state index < -0.39 is 13.0 Å². The molecule has 0 aromatic carbocycles. The summed E-state index contributed by atoms with van der Waals surface area (Å²) in [4.78, 5) is 3.88. The average Bonchev–Trinajstić information content (AvgIpc) is 2.10. The van der Waals surface area contributed by atoms with Crippen LogP contribution in [0.15, 0.2) is 6.07 Å². The van der Waals surface area contributed by atoms with E-state index in [1.807, 2.05) is 0 Å². The molecule has 3 nitrogen and oxygen atoms in total. The minimum absolute atomic E-state index is 0.146.